The molecular formula is C15H14BrCl2N3O3. The maximum absolute atomic E-state index is 11.9. The van der Waals surface area contributed by atoms with Crippen molar-refractivity contribution in [1.29, 1.82) is 0 Å². The average molecular weight is 435 g/mol. The molecule has 1 amide bonds. The maximum atomic E-state index is 11.9. The van der Waals surface area contributed by atoms with Gasteiger partial charge in [-0.1, -0.05) is 11.6 Å². The summed E-state index contributed by atoms with van der Waals surface area (Å²) < 4.78 is 7.84. The third-order valence-corrected chi connectivity index (χ3v) is 4.00. The number of aromatic nitrogens is 2. The SMILES string of the molecule is O=C(Cl)CCCNC(=O)c1ccn(COc2ccc(Cl)cc2Br)n1. The predicted octanol–water partition coefficient (Wildman–Crippen LogP) is 3.61. The minimum Gasteiger partial charge on any atom is -0.470 e. The van der Waals surface area contributed by atoms with Crippen LogP contribution in [0.2, 0.25) is 5.02 Å². The predicted molar refractivity (Wildman–Crippen MR) is 94.4 cm³/mol. The molecule has 24 heavy (non-hydrogen) atoms. The third kappa shape index (κ3) is 5.81. The Balaban J connectivity index is 1.84. The lowest BCUT2D eigenvalue weighted by molar-refractivity contribution is -0.111. The van der Waals surface area contributed by atoms with E-state index in [9.17, 15) is 9.59 Å². The van der Waals surface area contributed by atoms with Gasteiger partial charge in [-0.15, -0.1) is 0 Å². The zero-order valence-electron chi connectivity index (χ0n) is 12.5. The molecule has 9 heteroatoms. The van der Waals surface area contributed by atoms with E-state index in [0.717, 1.165) is 4.47 Å². The van der Waals surface area contributed by atoms with Crippen molar-refractivity contribution in [2.75, 3.05) is 6.54 Å². The van der Waals surface area contributed by atoms with E-state index in [1.165, 1.54) is 4.68 Å². The molecule has 0 spiro atoms. The Morgan fingerprint density at radius 3 is 2.83 bits per heavy atom. The lowest BCUT2D eigenvalue weighted by Crippen LogP contribution is -2.25. The second-order valence-corrected chi connectivity index (χ2v) is 6.52. The van der Waals surface area contributed by atoms with Gasteiger partial charge in [-0.3, -0.25) is 9.59 Å². The van der Waals surface area contributed by atoms with E-state index in [2.05, 4.69) is 26.3 Å². The van der Waals surface area contributed by atoms with Gasteiger partial charge in [-0.25, -0.2) is 4.68 Å². The van der Waals surface area contributed by atoms with Crippen LogP contribution in [0.3, 0.4) is 0 Å². The lowest BCUT2D eigenvalue weighted by Gasteiger charge is -2.08. The van der Waals surface area contributed by atoms with Crippen LogP contribution in [0.15, 0.2) is 34.9 Å². The summed E-state index contributed by atoms with van der Waals surface area (Å²) >= 11 is 14.5. The number of nitrogens with one attached hydrogen (secondary N) is 1. The van der Waals surface area contributed by atoms with Crippen molar-refractivity contribution >= 4 is 50.3 Å². The van der Waals surface area contributed by atoms with Gasteiger partial charge in [0.15, 0.2) is 6.73 Å². The first kappa shape index (κ1) is 18.8. The molecule has 128 valence electrons. The van der Waals surface area contributed by atoms with Crippen LogP contribution < -0.4 is 10.1 Å². The Morgan fingerprint density at radius 2 is 2.12 bits per heavy atom. The fourth-order valence-corrected chi connectivity index (χ4v) is 2.73. The van der Waals surface area contributed by atoms with Crippen LogP contribution in [0.4, 0.5) is 0 Å². The van der Waals surface area contributed by atoms with Crippen molar-refractivity contribution < 1.29 is 14.3 Å². The van der Waals surface area contributed by atoms with Crippen LogP contribution in [0, 0.1) is 0 Å². The van der Waals surface area contributed by atoms with Gasteiger partial charge in [-0.05, 0) is 58.2 Å². The molecule has 2 aromatic rings. The number of carbonyl (C=O) groups excluding carboxylic acids is 2. The molecule has 1 aromatic carbocycles. The van der Waals surface area contributed by atoms with Gasteiger partial charge >= 0.3 is 0 Å². The maximum Gasteiger partial charge on any atom is 0.271 e. The van der Waals surface area contributed by atoms with Crippen molar-refractivity contribution in [3.63, 3.8) is 0 Å². The molecule has 0 fully saturated rings. The number of nitrogens with zero attached hydrogens (tertiary/aromatic N) is 2. The van der Waals surface area contributed by atoms with E-state index in [0.29, 0.717) is 23.7 Å². The number of hydrogen-bond donors (Lipinski definition) is 1. The van der Waals surface area contributed by atoms with Crippen molar-refractivity contribution in [1.82, 2.24) is 15.1 Å². The number of amides is 1. The van der Waals surface area contributed by atoms with E-state index in [1.54, 1.807) is 30.5 Å². The normalized spacial score (nSPS) is 10.5. The number of hydrogen-bond acceptors (Lipinski definition) is 4. The van der Waals surface area contributed by atoms with Gasteiger partial charge in [0.2, 0.25) is 5.24 Å². The molecule has 6 nitrogen and oxygen atoms in total. The summed E-state index contributed by atoms with van der Waals surface area (Å²) in [6, 6.07) is 6.77. The van der Waals surface area contributed by atoms with E-state index in [-0.39, 0.29) is 24.8 Å². The molecule has 0 saturated heterocycles. The van der Waals surface area contributed by atoms with E-state index in [1.807, 2.05) is 0 Å². The molecule has 0 radical (unpaired) electrons. The number of halogens is 3. The fraction of sp³-hybridized carbons (Fsp3) is 0.267. The second-order valence-electron chi connectivity index (χ2n) is 4.80. The molecule has 0 atom stereocenters. The van der Waals surface area contributed by atoms with Gasteiger partial charge < -0.3 is 10.1 Å². The first-order valence-electron chi connectivity index (χ1n) is 7.03. The van der Waals surface area contributed by atoms with Gasteiger partial charge in [0.05, 0.1) is 4.47 Å². The molecule has 0 aliphatic rings. The quantitative estimate of drug-likeness (QED) is 0.508. The highest BCUT2D eigenvalue weighted by Gasteiger charge is 2.10. The molecule has 2 rings (SSSR count). The van der Waals surface area contributed by atoms with E-state index in [4.69, 9.17) is 27.9 Å². The first-order valence-corrected chi connectivity index (χ1v) is 8.58. The molecule has 0 bridgehead atoms. The summed E-state index contributed by atoms with van der Waals surface area (Å²) in [5, 5.41) is 6.98. The highest BCUT2D eigenvalue weighted by molar-refractivity contribution is 9.10. The van der Waals surface area contributed by atoms with Gasteiger partial charge in [-0.2, -0.15) is 5.10 Å². The van der Waals surface area contributed by atoms with Gasteiger partial charge in [0.25, 0.3) is 5.91 Å². The minimum absolute atomic E-state index is 0.147. The zero-order chi connectivity index (χ0) is 17.5. The summed E-state index contributed by atoms with van der Waals surface area (Å²) in [4.78, 5) is 22.5. The van der Waals surface area contributed by atoms with Crippen LogP contribution in [0.5, 0.6) is 5.75 Å². The monoisotopic (exact) mass is 433 g/mol. The number of rotatable bonds is 8. The first-order chi connectivity index (χ1) is 11.5. The number of carbonyl (C=O) groups is 2. The summed E-state index contributed by atoms with van der Waals surface area (Å²) in [6.45, 7) is 0.507. The molecular weight excluding hydrogens is 421 g/mol. The second kappa shape index (κ2) is 9.05. The Labute approximate surface area is 157 Å². The molecule has 0 aliphatic heterocycles. The Kier molecular flexibility index (Phi) is 7.08. The summed E-state index contributed by atoms with van der Waals surface area (Å²) in [5.74, 6) is 0.301. The molecule has 1 aromatic heterocycles. The molecule has 1 N–H and O–H groups in total. The lowest BCUT2D eigenvalue weighted by atomic mass is 10.3. The fourth-order valence-electron chi connectivity index (χ4n) is 1.80. The summed E-state index contributed by atoms with van der Waals surface area (Å²) in [5.41, 5.74) is 0.269. The highest BCUT2D eigenvalue weighted by atomic mass is 79.9. The highest BCUT2D eigenvalue weighted by Crippen LogP contribution is 2.28. The van der Waals surface area contributed by atoms with Crippen molar-refractivity contribution in [2.24, 2.45) is 0 Å². The smallest absolute Gasteiger partial charge is 0.271 e. The molecule has 1 heterocycles. The van der Waals surface area contributed by atoms with Crippen LogP contribution in [0.1, 0.15) is 23.3 Å². The van der Waals surface area contributed by atoms with Gasteiger partial charge in [0.1, 0.15) is 11.4 Å². The van der Waals surface area contributed by atoms with Crippen molar-refractivity contribution in [3.05, 3.63) is 45.7 Å². The van der Waals surface area contributed by atoms with Crippen molar-refractivity contribution in [2.45, 2.75) is 19.6 Å². The van der Waals surface area contributed by atoms with Crippen LogP contribution in [0.25, 0.3) is 0 Å². The largest absolute Gasteiger partial charge is 0.470 e. The zero-order valence-corrected chi connectivity index (χ0v) is 15.6. The minimum atomic E-state index is -0.418. The van der Waals surface area contributed by atoms with Crippen LogP contribution >= 0.6 is 39.1 Å². The topological polar surface area (TPSA) is 73.2 Å². The average Bonchev–Trinajstić information content (AvgIpc) is 2.99. The molecule has 0 unspecified atom stereocenters. The molecule has 0 saturated carbocycles. The summed E-state index contributed by atoms with van der Waals surface area (Å²) in [7, 11) is 0. The van der Waals surface area contributed by atoms with E-state index >= 15 is 0 Å². The Hall–Kier alpha value is -1.57. The molecule has 0 aliphatic carbocycles. The van der Waals surface area contributed by atoms with Crippen LogP contribution in [-0.2, 0) is 11.5 Å². The van der Waals surface area contributed by atoms with E-state index < -0.39 is 5.24 Å². The van der Waals surface area contributed by atoms with Crippen LogP contribution in [-0.4, -0.2) is 27.5 Å². The summed E-state index contributed by atoms with van der Waals surface area (Å²) in [6.07, 6.45) is 2.35. The number of ether oxygens (including phenoxy) is 1. The van der Waals surface area contributed by atoms with Gasteiger partial charge in [0, 0.05) is 24.2 Å². The number of benzene rings is 1. The Morgan fingerprint density at radius 1 is 1.33 bits per heavy atom. The van der Waals surface area contributed by atoms with Crippen molar-refractivity contribution in [3.8, 4) is 5.75 Å². The Bertz CT molecular complexity index is 737. The standard InChI is InChI=1S/C15H14BrCl2N3O3/c16-11-8-10(17)3-4-13(11)24-9-21-7-5-12(20-21)15(23)19-6-1-2-14(18)22/h3-5,7-8H,1-2,6,9H2,(H,19,23). The third-order valence-electron chi connectivity index (χ3n) is 2.96.